The highest BCUT2D eigenvalue weighted by atomic mass is 16.6. The molecule has 104 valence electrons. The predicted molar refractivity (Wildman–Crippen MR) is 64.2 cm³/mol. The number of rotatable bonds is 5. The molecule has 0 unspecified atom stereocenters. The van der Waals surface area contributed by atoms with Crippen molar-refractivity contribution in [2.75, 3.05) is 5.32 Å². The maximum Gasteiger partial charge on any atom is 0.339 e. The summed E-state index contributed by atoms with van der Waals surface area (Å²) < 4.78 is 4.75. The molecule has 0 spiro atoms. The van der Waals surface area contributed by atoms with Crippen LogP contribution in [0, 0.1) is 17.0 Å². The van der Waals surface area contributed by atoms with Crippen LogP contribution in [0.4, 0.5) is 11.5 Å². The third kappa shape index (κ3) is 2.85. The van der Waals surface area contributed by atoms with Crippen LogP contribution in [0.5, 0.6) is 0 Å². The highest BCUT2D eigenvalue weighted by molar-refractivity contribution is 5.93. The zero-order valence-corrected chi connectivity index (χ0v) is 10.2. The van der Waals surface area contributed by atoms with Crippen LogP contribution >= 0.6 is 0 Å². The van der Waals surface area contributed by atoms with Gasteiger partial charge in [0.05, 0.1) is 11.5 Å². The van der Waals surface area contributed by atoms with Gasteiger partial charge >= 0.3 is 5.97 Å². The van der Waals surface area contributed by atoms with E-state index in [0.29, 0.717) is 11.7 Å². The summed E-state index contributed by atoms with van der Waals surface area (Å²) in [7, 11) is 0. The number of aryl methyl sites for hydroxylation is 1. The average molecular weight is 279 g/mol. The van der Waals surface area contributed by atoms with E-state index in [4.69, 9.17) is 9.63 Å². The fraction of sp³-hybridized carbons (Fsp3) is 0.200. The third-order valence-corrected chi connectivity index (χ3v) is 2.30. The monoisotopic (exact) mass is 279 g/mol. The number of aromatic carboxylic acids is 1. The maximum atomic E-state index is 11.1. The Morgan fingerprint density at radius 1 is 1.60 bits per heavy atom. The molecule has 0 aliphatic rings. The molecular formula is C10H9N5O5. The molecule has 0 aromatic carbocycles. The summed E-state index contributed by atoms with van der Waals surface area (Å²) in [5.74, 6) is -0.644. The summed E-state index contributed by atoms with van der Waals surface area (Å²) in [6.07, 6.45) is 0.969. The summed E-state index contributed by atoms with van der Waals surface area (Å²) in [6.45, 7) is 1.70. The lowest BCUT2D eigenvalue weighted by molar-refractivity contribution is -0.385. The quantitative estimate of drug-likeness (QED) is 0.604. The number of carboxylic acid groups (broad SMARTS) is 1. The average Bonchev–Trinajstić information content (AvgIpc) is 2.81. The Balaban J connectivity index is 2.22. The molecule has 2 aromatic rings. The lowest BCUT2D eigenvalue weighted by Crippen LogP contribution is -2.10. The van der Waals surface area contributed by atoms with E-state index in [1.807, 2.05) is 0 Å². The first-order valence-electron chi connectivity index (χ1n) is 5.38. The standard InChI is InChI=1S/C10H9N5O5/c1-5-13-8(14-20-5)4-12-9-7(10(16)17)2-6(3-11-9)15(18)19/h2-3H,4H2,1H3,(H,11,12)(H,16,17). The van der Waals surface area contributed by atoms with Crippen LogP contribution in [0.15, 0.2) is 16.8 Å². The molecule has 0 amide bonds. The van der Waals surface area contributed by atoms with E-state index < -0.39 is 16.6 Å². The largest absolute Gasteiger partial charge is 0.478 e. The first kappa shape index (κ1) is 13.4. The van der Waals surface area contributed by atoms with Crippen molar-refractivity contribution in [1.82, 2.24) is 15.1 Å². The number of nitro groups is 1. The van der Waals surface area contributed by atoms with Crippen LogP contribution in [0.25, 0.3) is 0 Å². The Kier molecular flexibility index (Phi) is 3.55. The number of hydrogen-bond donors (Lipinski definition) is 2. The van der Waals surface area contributed by atoms with Crippen LogP contribution in [-0.4, -0.2) is 31.1 Å². The van der Waals surface area contributed by atoms with E-state index in [1.54, 1.807) is 6.92 Å². The number of aromatic nitrogens is 3. The lowest BCUT2D eigenvalue weighted by Gasteiger charge is -2.05. The molecule has 0 fully saturated rings. The Bertz CT molecular complexity index is 668. The van der Waals surface area contributed by atoms with Crippen molar-refractivity contribution in [3.8, 4) is 0 Å². The van der Waals surface area contributed by atoms with Crippen molar-refractivity contribution in [3.05, 3.63) is 39.7 Å². The smallest absolute Gasteiger partial charge is 0.339 e. The number of pyridine rings is 1. The van der Waals surface area contributed by atoms with Crippen molar-refractivity contribution in [2.45, 2.75) is 13.5 Å². The van der Waals surface area contributed by atoms with Crippen LogP contribution < -0.4 is 5.32 Å². The highest BCUT2D eigenvalue weighted by Crippen LogP contribution is 2.19. The van der Waals surface area contributed by atoms with Gasteiger partial charge in [-0.3, -0.25) is 10.1 Å². The zero-order valence-electron chi connectivity index (χ0n) is 10.2. The minimum absolute atomic E-state index is 0.00875. The van der Waals surface area contributed by atoms with E-state index in [1.165, 1.54) is 0 Å². The van der Waals surface area contributed by atoms with Gasteiger partial charge in [0.15, 0.2) is 5.82 Å². The van der Waals surface area contributed by atoms with Crippen LogP contribution in [0.3, 0.4) is 0 Å². The van der Waals surface area contributed by atoms with Gasteiger partial charge in [-0.05, 0) is 0 Å². The van der Waals surface area contributed by atoms with E-state index in [9.17, 15) is 14.9 Å². The molecule has 10 heteroatoms. The van der Waals surface area contributed by atoms with Crippen molar-refractivity contribution in [1.29, 1.82) is 0 Å². The topological polar surface area (TPSA) is 144 Å². The normalized spacial score (nSPS) is 10.2. The van der Waals surface area contributed by atoms with Crippen LogP contribution in [0.2, 0.25) is 0 Å². The summed E-state index contributed by atoms with van der Waals surface area (Å²) in [4.78, 5) is 28.6. The minimum Gasteiger partial charge on any atom is -0.478 e. The van der Waals surface area contributed by atoms with E-state index in [2.05, 4.69) is 20.4 Å². The predicted octanol–water partition coefficient (Wildman–Crippen LogP) is 0.992. The Morgan fingerprint density at radius 2 is 2.35 bits per heavy atom. The molecule has 0 aliphatic heterocycles. The first-order valence-corrected chi connectivity index (χ1v) is 5.38. The van der Waals surface area contributed by atoms with Crippen LogP contribution in [-0.2, 0) is 6.54 Å². The van der Waals surface area contributed by atoms with Crippen molar-refractivity contribution in [3.63, 3.8) is 0 Å². The summed E-state index contributed by atoms with van der Waals surface area (Å²) in [6, 6.07) is 0.930. The van der Waals surface area contributed by atoms with Gasteiger partial charge < -0.3 is 14.9 Å². The van der Waals surface area contributed by atoms with Gasteiger partial charge in [0.25, 0.3) is 5.69 Å². The molecule has 0 aliphatic carbocycles. The van der Waals surface area contributed by atoms with E-state index in [0.717, 1.165) is 12.3 Å². The molecule has 2 N–H and O–H groups in total. The Labute approximate surface area is 111 Å². The minimum atomic E-state index is -1.33. The van der Waals surface area contributed by atoms with E-state index >= 15 is 0 Å². The van der Waals surface area contributed by atoms with Crippen LogP contribution in [0.1, 0.15) is 22.1 Å². The first-order chi connectivity index (χ1) is 9.47. The second kappa shape index (κ2) is 5.30. The number of nitrogens with one attached hydrogen (secondary N) is 1. The Morgan fingerprint density at radius 3 is 2.90 bits per heavy atom. The second-order valence-corrected chi connectivity index (χ2v) is 3.74. The summed E-state index contributed by atoms with van der Waals surface area (Å²) >= 11 is 0. The number of carbonyl (C=O) groups is 1. The molecule has 10 nitrogen and oxygen atoms in total. The van der Waals surface area contributed by atoms with Crippen molar-refractivity contribution >= 4 is 17.5 Å². The zero-order chi connectivity index (χ0) is 14.7. The SMILES string of the molecule is Cc1nc(CNc2ncc([N+](=O)[O-])cc2C(=O)O)no1. The molecule has 2 rings (SSSR count). The van der Waals surface area contributed by atoms with Gasteiger partial charge in [0, 0.05) is 13.0 Å². The van der Waals surface area contributed by atoms with Gasteiger partial charge in [-0.25, -0.2) is 9.78 Å². The fourth-order valence-corrected chi connectivity index (χ4v) is 1.43. The molecule has 0 radical (unpaired) electrons. The fourth-order valence-electron chi connectivity index (χ4n) is 1.43. The van der Waals surface area contributed by atoms with Gasteiger partial charge in [-0.15, -0.1) is 0 Å². The summed E-state index contributed by atoms with van der Waals surface area (Å²) in [5, 5.41) is 25.9. The molecule has 0 atom stereocenters. The van der Waals surface area contributed by atoms with E-state index in [-0.39, 0.29) is 17.9 Å². The number of anilines is 1. The second-order valence-electron chi connectivity index (χ2n) is 3.74. The maximum absolute atomic E-state index is 11.1. The van der Waals surface area contributed by atoms with Gasteiger partial charge in [0.1, 0.15) is 17.6 Å². The molecule has 0 saturated carbocycles. The molecule has 0 saturated heterocycles. The lowest BCUT2D eigenvalue weighted by atomic mass is 10.2. The van der Waals surface area contributed by atoms with Gasteiger partial charge in [-0.2, -0.15) is 4.98 Å². The molecule has 2 aromatic heterocycles. The molecular weight excluding hydrogens is 270 g/mol. The number of hydrogen-bond acceptors (Lipinski definition) is 8. The highest BCUT2D eigenvalue weighted by Gasteiger charge is 2.17. The molecule has 2 heterocycles. The van der Waals surface area contributed by atoms with Crippen molar-refractivity contribution in [2.24, 2.45) is 0 Å². The molecule has 0 bridgehead atoms. The van der Waals surface area contributed by atoms with Gasteiger partial charge in [0.2, 0.25) is 5.89 Å². The van der Waals surface area contributed by atoms with Crippen molar-refractivity contribution < 1.29 is 19.3 Å². The number of nitrogens with zero attached hydrogens (tertiary/aromatic N) is 4. The third-order valence-electron chi connectivity index (χ3n) is 2.30. The number of carboxylic acids is 1. The summed E-state index contributed by atoms with van der Waals surface area (Å²) in [5.41, 5.74) is -0.706. The molecule has 20 heavy (non-hydrogen) atoms. The van der Waals surface area contributed by atoms with Gasteiger partial charge in [-0.1, -0.05) is 5.16 Å². The Hall–Kier alpha value is -3.04.